The number of rotatable bonds is 52. The summed E-state index contributed by atoms with van der Waals surface area (Å²) in [5.74, 6) is -2.41. The predicted octanol–water partition coefficient (Wildman–Crippen LogP) is 16.1. The van der Waals surface area contributed by atoms with E-state index >= 15 is 0 Å². The van der Waals surface area contributed by atoms with Crippen LogP contribution < -0.4 is 5.11 Å². The number of carbonyl (C=O) groups is 3. The zero-order valence-electron chi connectivity index (χ0n) is 48.1. The summed E-state index contributed by atoms with van der Waals surface area (Å²) in [6.07, 6.45) is 76.7. The van der Waals surface area contributed by atoms with Crippen LogP contribution >= 0.6 is 0 Å². The maximum atomic E-state index is 12.8. The number of carboxylic acid groups (broad SMARTS) is 1. The normalized spacial score (nSPS) is 13.8. The molecule has 424 valence electrons. The lowest BCUT2D eigenvalue weighted by Crippen LogP contribution is -2.44. The molecule has 0 fully saturated rings. The van der Waals surface area contributed by atoms with E-state index in [-0.39, 0.29) is 38.6 Å². The van der Waals surface area contributed by atoms with Gasteiger partial charge in [0.1, 0.15) is 13.2 Å². The van der Waals surface area contributed by atoms with E-state index in [0.717, 1.165) is 89.9 Å². The van der Waals surface area contributed by atoms with Crippen molar-refractivity contribution in [3.05, 3.63) is 134 Å². The predicted molar refractivity (Wildman–Crippen MR) is 315 cm³/mol. The summed E-state index contributed by atoms with van der Waals surface area (Å²) in [4.78, 5) is 37.2. The summed E-state index contributed by atoms with van der Waals surface area (Å²) in [6.45, 7) is 4.42. The van der Waals surface area contributed by atoms with E-state index in [1.54, 1.807) is 0 Å². The van der Waals surface area contributed by atoms with Gasteiger partial charge in [0.15, 0.2) is 12.4 Å². The molecule has 0 saturated heterocycles. The van der Waals surface area contributed by atoms with Crippen molar-refractivity contribution in [2.75, 3.05) is 47.5 Å². The molecule has 9 heteroatoms. The van der Waals surface area contributed by atoms with Gasteiger partial charge < -0.3 is 33.3 Å². The summed E-state index contributed by atoms with van der Waals surface area (Å²) in [5, 5.41) is 11.8. The van der Waals surface area contributed by atoms with Crippen molar-refractivity contribution >= 4 is 17.9 Å². The lowest BCUT2D eigenvalue weighted by molar-refractivity contribution is -0.870. The van der Waals surface area contributed by atoms with Crippen LogP contribution in [0.5, 0.6) is 0 Å². The number of carbonyl (C=O) groups excluding carboxylic acids is 3. The number of carboxylic acids is 1. The monoisotopic (exact) mass is 1040 g/mol. The third kappa shape index (κ3) is 57.0. The number of likely N-dealkylation sites (N-methyl/N-ethyl adjacent to an activating group) is 1. The minimum atomic E-state index is -1.65. The number of hydrogen-bond donors (Lipinski definition) is 0. The molecule has 0 saturated carbocycles. The van der Waals surface area contributed by atoms with E-state index in [2.05, 4.69) is 135 Å². The molecule has 9 nitrogen and oxygen atoms in total. The Balaban J connectivity index is 4.27. The number of aliphatic carboxylic acids is 1. The Morgan fingerprint density at radius 3 is 1.12 bits per heavy atom. The Hall–Kier alpha value is -4.57. The molecule has 0 rings (SSSR count). The molecular formula is C66H107NO8. The van der Waals surface area contributed by atoms with Crippen molar-refractivity contribution in [3.63, 3.8) is 0 Å². The Morgan fingerprint density at radius 1 is 0.400 bits per heavy atom. The van der Waals surface area contributed by atoms with Gasteiger partial charge >= 0.3 is 11.9 Å². The Morgan fingerprint density at radius 2 is 0.747 bits per heavy atom. The fraction of sp³-hybridized carbons (Fsp3) is 0.621. The second-order valence-electron chi connectivity index (χ2n) is 20.2. The van der Waals surface area contributed by atoms with Gasteiger partial charge in [-0.2, -0.15) is 0 Å². The van der Waals surface area contributed by atoms with Gasteiger partial charge in [0.25, 0.3) is 0 Å². The fourth-order valence-corrected chi connectivity index (χ4v) is 7.47. The number of hydrogen-bond acceptors (Lipinski definition) is 8. The van der Waals surface area contributed by atoms with Gasteiger partial charge in [-0.05, 0) is 96.3 Å². The van der Waals surface area contributed by atoms with Crippen molar-refractivity contribution in [2.45, 2.75) is 219 Å². The quantitative estimate of drug-likeness (QED) is 0.0195. The lowest BCUT2D eigenvalue weighted by Gasteiger charge is -2.26. The molecule has 0 bridgehead atoms. The van der Waals surface area contributed by atoms with Gasteiger partial charge in [0.2, 0.25) is 0 Å². The maximum Gasteiger partial charge on any atom is 0.306 e. The number of nitrogens with zero attached hydrogens (tertiary/aromatic N) is 1. The zero-order chi connectivity index (χ0) is 54.8. The van der Waals surface area contributed by atoms with E-state index in [0.29, 0.717) is 17.4 Å². The topological polar surface area (TPSA) is 111 Å². The van der Waals surface area contributed by atoms with Crippen molar-refractivity contribution in [2.24, 2.45) is 0 Å². The van der Waals surface area contributed by atoms with Crippen LogP contribution in [0.2, 0.25) is 0 Å². The van der Waals surface area contributed by atoms with Gasteiger partial charge in [0.05, 0.1) is 40.3 Å². The van der Waals surface area contributed by atoms with E-state index in [9.17, 15) is 19.5 Å². The third-order valence-electron chi connectivity index (χ3n) is 11.9. The zero-order valence-corrected chi connectivity index (χ0v) is 48.1. The molecule has 2 atom stereocenters. The van der Waals surface area contributed by atoms with Crippen LogP contribution in [0.15, 0.2) is 134 Å². The Bertz CT molecular complexity index is 1690. The van der Waals surface area contributed by atoms with Gasteiger partial charge in [-0.15, -0.1) is 0 Å². The average Bonchev–Trinajstić information content (AvgIpc) is 3.38. The molecule has 75 heavy (non-hydrogen) atoms. The molecule has 0 aromatic rings. The first-order valence-corrected chi connectivity index (χ1v) is 29.3. The van der Waals surface area contributed by atoms with Crippen molar-refractivity contribution in [1.29, 1.82) is 0 Å². The number of allylic oxidation sites excluding steroid dienone is 22. The van der Waals surface area contributed by atoms with Crippen LogP contribution in [0.1, 0.15) is 206 Å². The van der Waals surface area contributed by atoms with E-state index in [1.165, 1.54) is 83.5 Å². The molecule has 2 unspecified atom stereocenters. The highest BCUT2D eigenvalue weighted by Gasteiger charge is 2.21. The highest BCUT2D eigenvalue weighted by Crippen LogP contribution is 2.15. The average molecular weight is 1040 g/mol. The van der Waals surface area contributed by atoms with E-state index < -0.39 is 24.3 Å². The standard InChI is InChI=1S/C66H107NO8/c1-6-8-10-12-14-16-18-20-22-24-26-27-28-29-30-31-32-33-34-35-36-37-39-40-42-44-46-48-50-52-54-56-63(68)73-60-62(61-74-66(65(70)71)72-59-58-67(3,4)5)75-64(69)57-55-53-51-49-47-45-43-41-38-25-23-21-19-17-15-13-11-9-7-2/h8-11,14-17,20-23,26-27,29-30,38,41,45,47,51,53,62,66H,6-7,12-13,18-19,24-25,28,31-37,39-40,42-44,46,48-50,52,54-61H2,1-5H3/b10-8-,11-9-,16-14-,17-15-,22-20-,23-21-,27-26-,30-29-,41-38-,47-45-,53-51-. The largest absolute Gasteiger partial charge is 0.545 e. The smallest absolute Gasteiger partial charge is 0.306 e. The molecule has 0 aliphatic rings. The van der Waals surface area contributed by atoms with Gasteiger partial charge in [-0.3, -0.25) is 9.59 Å². The van der Waals surface area contributed by atoms with Gasteiger partial charge in [-0.25, -0.2) is 0 Å². The van der Waals surface area contributed by atoms with Crippen LogP contribution in [-0.2, 0) is 33.3 Å². The molecule has 0 aliphatic carbocycles. The van der Waals surface area contributed by atoms with E-state index in [1.807, 2.05) is 33.3 Å². The second-order valence-corrected chi connectivity index (χ2v) is 20.2. The Kier molecular flexibility index (Phi) is 52.3. The highest BCUT2D eigenvalue weighted by molar-refractivity contribution is 5.70. The van der Waals surface area contributed by atoms with E-state index in [4.69, 9.17) is 18.9 Å². The maximum absolute atomic E-state index is 12.8. The molecule has 0 aromatic heterocycles. The number of unbranched alkanes of at least 4 members (excludes halogenated alkanes) is 15. The first-order valence-electron chi connectivity index (χ1n) is 29.3. The van der Waals surface area contributed by atoms with Crippen LogP contribution in [0.3, 0.4) is 0 Å². The highest BCUT2D eigenvalue weighted by atomic mass is 16.7. The second kappa shape index (κ2) is 55.7. The molecule has 0 heterocycles. The first-order chi connectivity index (χ1) is 36.6. The van der Waals surface area contributed by atoms with Crippen molar-refractivity contribution in [1.82, 2.24) is 0 Å². The van der Waals surface area contributed by atoms with Crippen LogP contribution in [-0.4, -0.2) is 82.3 Å². The van der Waals surface area contributed by atoms with Gasteiger partial charge in [0, 0.05) is 12.8 Å². The Labute approximate surface area is 459 Å². The van der Waals surface area contributed by atoms with Crippen LogP contribution in [0, 0.1) is 0 Å². The van der Waals surface area contributed by atoms with Crippen molar-refractivity contribution < 1.29 is 42.9 Å². The fourth-order valence-electron chi connectivity index (χ4n) is 7.47. The lowest BCUT2D eigenvalue weighted by atomic mass is 10.0. The molecule has 0 aliphatic heterocycles. The summed E-state index contributed by atoms with van der Waals surface area (Å²) < 4.78 is 22.6. The van der Waals surface area contributed by atoms with Crippen LogP contribution in [0.4, 0.5) is 0 Å². The number of esters is 2. The summed E-state index contributed by atoms with van der Waals surface area (Å²) in [6, 6.07) is 0. The summed E-state index contributed by atoms with van der Waals surface area (Å²) >= 11 is 0. The minimum Gasteiger partial charge on any atom is -0.545 e. The molecule has 0 radical (unpaired) electrons. The molecular weight excluding hydrogens is 935 g/mol. The number of ether oxygens (including phenoxy) is 4. The minimum absolute atomic E-state index is 0.116. The van der Waals surface area contributed by atoms with Crippen LogP contribution in [0.25, 0.3) is 0 Å². The first kappa shape index (κ1) is 70.4. The molecule has 0 aromatic carbocycles. The summed E-state index contributed by atoms with van der Waals surface area (Å²) in [5.41, 5.74) is 0. The molecule has 0 amide bonds. The summed E-state index contributed by atoms with van der Waals surface area (Å²) in [7, 11) is 5.89. The molecule has 0 N–H and O–H groups in total. The third-order valence-corrected chi connectivity index (χ3v) is 11.9. The van der Waals surface area contributed by atoms with Crippen molar-refractivity contribution in [3.8, 4) is 0 Å². The van der Waals surface area contributed by atoms with Gasteiger partial charge in [-0.1, -0.05) is 231 Å². The number of quaternary nitrogens is 1. The SMILES string of the molecule is CC/C=C\C/C=C\C/C=C\C/C=C\C/C=C\C/C=C\CCC(=O)OC(COC(=O)CCCCCCCCCCCCCCCCC/C=C\C/C=C\C/C=C\C/C=C\C/C=C\CC)COC(OCC[N+](C)(C)C)C(=O)[O-]. The molecule has 0 spiro atoms.